The third-order valence-electron chi connectivity index (χ3n) is 5.38. The number of esters is 1. The molecule has 0 bridgehead atoms. The van der Waals surface area contributed by atoms with Gasteiger partial charge in [-0.2, -0.15) is 13.2 Å². The molecule has 0 saturated heterocycles. The Morgan fingerprint density at radius 1 is 0.781 bits per heavy atom. The van der Waals surface area contributed by atoms with Gasteiger partial charge < -0.3 is 4.74 Å². The van der Waals surface area contributed by atoms with Crippen LogP contribution in [0.4, 0.5) is 13.2 Å². The molecule has 5 heteroatoms. The summed E-state index contributed by atoms with van der Waals surface area (Å²) in [6.45, 7) is 1.99. The average molecular weight is 441 g/mol. The maximum Gasteiger partial charge on any atom is 0.425 e. The zero-order valence-electron chi connectivity index (χ0n) is 18.1. The quantitative estimate of drug-likeness (QED) is 0.248. The van der Waals surface area contributed by atoms with Crippen molar-refractivity contribution in [3.8, 4) is 22.3 Å². The Kier molecular flexibility index (Phi) is 8.09. The molecule has 3 aromatic rings. The van der Waals surface area contributed by atoms with E-state index >= 15 is 0 Å². The van der Waals surface area contributed by atoms with Crippen LogP contribution in [0.5, 0.6) is 0 Å². The molecule has 3 rings (SSSR count). The van der Waals surface area contributed by atoms with E-state index in [0.29, 0.717) is 18.4 Å². The third kappa shape index (κ3) is 6.22. The predicted molar refractivity (Wildman–Crippen MR) is 121 cm³/mol. The number of rotatable bonds is 9. The number of carbonyl (C=O) groups is 1. The highest BCUT2D eigenvalue weighted by Gasteiger charge is 2.42. The van der Waals surface area contributed by atoms with Crippen molar-refractivity contribution in [2.24, 2.45) is 0 Å². The summed E-state index contributed by atoms with van der Waals surface area (Å²) in [4.78, 5) is 12.8. The summed E-state index contributed by atoms with van der Waals surface area (Å²) in [5.74, 6) is -0.953. The summed E-state index contributed by atoms with van der Waals surface area (Å²) in [7, 11) is 0. The minimum Gasteiger partial charge on any atom is -0.449 e. The van der Waals surface area contributed by atoms with Gasteiger partial charge in [0.1, 0.15) is 0 Å². The Morgan fingerprint density at radius 2 is 1.38 bits per heavy atom. The van der Waals surface area contributed by atoms with Gasteiger partial charge in [0.25, 0.3) is 0 Å². The molecule has 0 N–H and O–H groups in total. The van der Waals surface area contributed by atoms with Gasteiger partial charge in [-0.1, -0.05) is 99.0 Å². The molecule has 168 valence electrons. The smallest absolute Gasteiger partial charge is 0.425 e. The Labute approximate surface area is 187 Å². The Hall–Kier alpha value is -3.08. The summed E-state index contributed by atoms with van der Waals surface area (Å²) in [6.07, 6.45) is -4.07. The van der Waals surface area contributed by atoms with Crippen molar-refractivity contribution >= 4 is 5.97 Å². The van der Waals surface area contributed by atoms with E-state index in [4.69, 9.17) is 4.74 Å². The van der Waals surface area contributed by atoms with Crippen LogP contribution >= 0.6 is 0 Å². The van der Waals surface area contributed by atoms with Gasteiger partial charge >= 0.3 is 12.1 Å². The summed E-state index contributed by atoms with van der Waals surface area (Å²) >= 11 is 0. The first-order valence-electron chi connectivity index (χ1n) is 10.9. The highest BCUT2D eigenvalue weighted by molar-refractivity contribution is 5.97. The van der Waals surface area contributed by atoms with Gasteiger partial charge in [0, 0.05) is 0 Å². The van der Waals surface area contributed by atoms with E-state index in [1.54, 1.807) is 18.2 Å². The lowest BCUT2D eigenvalue weighted by Gasteiger charge is -2.21. The van der Waals surface area contributed by atoms with Crippen molar-refractivity contribution in [1.82, 2.24) is 0 Å². The first kappa shape index (κ1) is 23.6. The zero-order valence-corrected chi connectivity index (χ0v) is 18.1. The van der Waals surface area contributed by atoms with Crippen molar-refractivity contribution in [1.29, 1.82) is 0 Å². The van der Waals surface area contributed by atoms with E-state index in [-0.39, 0.29) is 12.0 Å². The zero-order chi connectivity index (χ0) is 23.0. The van der Waals surface area contributed by atoms with Gasteiger partial charge in [-0.25, -0.2) is 4.79 Å². The van der Waals surface area contributed by atoms with Crippen LogP contribution < -0.4 is 0 Å². The minimum atomic E-state index is -4.59. The molecule has 0 radical (unpaired) electrons. The van der Waals surface area contributed by atoms with Gasteiger partial charge in [0.05, 0.1) is 5.56 Å². The fraction of sp³-hybridized carbons (Fsp3) is 0.296. The number of unbranched alkanes of at least 4 members (excludes halogenated alkanes) is 3. The number of carbonyl (C=O) groups excluding carboxylic acids is 1. The molecule has 0 spiro atoms. The minimum absolute atomic E-state index is 0.128. The Bertz CT molecular complexity index is 995. The highest BCUT2D eigenvalue weighted by atomic mass is 19.4. The number of halogens is 3. The van der Waals surface area contributed by atoms with Crippen molar-refractivity contribution in [2.45, 2.75) is 51.3 Å². The van der Waals surface area contributed by atoms with E-state index in [0.717, 1.165) is 29.5 Å². The van der Waals surface area contributed by atoms with E-state index in [9.17, 15) is 18.0 Å². The van der Waals surface area contributed by atoms with Crippen LogP contribution in [-0.4, -0.2) is 18.2 Å². The van der Waals surface area contributed by atoms with Crippen molar-refractivity contribution in [3.05, 3.63) is 84.4 Å². The molecule has 0 aliphatic carbocycles. The molecule has 0 fully saturated rings. The molecule has 0 aliphatic heterocycles. The van der Waals surface area contributed by atoms with E-state index < -0.39 is 18.2 Å². The van der Waals surface area contributed by atoms with Gasteiger partial charge in [-0.15, -0.1) is 0 Å². The maximum atomic E-state index is 13.5. The number of benzene rings is 3. The van der Waals surface area contributed by atoms with E-state index in [1.165, 1.54) is 6.07 Å². The van der Waals surface area contributed by atoms with Gasteiger partial charge in [-0.05, 0) is 41.2 Å². The molecule has 32 heavy (non-hydrogen) atoms. The molecular formula is C27H27F3O2. The van der Waals surface area contributed by atoms with Crippen LogP contribution in [-0.2, 0) is 4.74 Å². The molecule has 1 atom stereocenters. The second-order valence-electron chi connectivity index (χ2n) is 7.77. The topological polar surface area (TPSA) is 26.3 Å². The number of hydrogen-bond acceptors (Lipinski definition) is 2. The molecule has 0 amide bonds. The standard InChI is InChI=1S/C27H27F3O2/c1-2-3-4-8-15-25(27(28,29)30)32-26(31)24-14-10-9-13-23(24)22-18-16-21(17-19-22)20-11-6-5-7-12-20/h5-7,9-14,16-19,25H,2-4,8,15H2,1H3. The molecule has 2 nitrogen and oxygen atoms in total. The van der Waals surface area contributed by atoms with Crippen LogP contribution in [0.3, 0.4) is 0 Å². The van der Waals surface area contributed by atoms with Crippen LogP contribution in [0.2, 0.25) is 0 Å². The molecule has 0 aliphatic rings. The van der Waals surface area contributed by atoms with Crippen LogP contribution in [0.25, 0.3) is 22.3 Å². The maximum absolute atomic E-state index is 13.5. The Morgan fingerprint density at radius 3 is 2.03 bits per heavy atom. The van der Waals surface area contributed by atoms with Crippen LogP contribution in [0.15, 0.2) is 78.9 Å². The first-order valence-corrected chi connectivity index (χ1v) is 10.9. The van der Waals surface area contributed by atoms with Crippen molar-refractivity contribution < 1.29 is 22.7 Å². The molecule has 0 heterocycles. The first-order chi connectivity index (χ1) is 15.4. The van der Waals surface area contributed by atoms with Crippen LogP contribution in [0.1, 0.15) is 49.4 Å². The summed E-state index contributed by atoms with van der Waals surface area (Å²) in [5.41, 5.74) is 3.48. The normalized spacial score (nSPS) is 12.4. The second kappa shape index (κ2) is 11.0. The number of ether oxygens (including phenoxy) is 1. The lowest BCUT2D eigenvalue weighted by Crippen LogP contribution is -2.34. The van der Waals surface area contributed by atoms with Crippen molar-refractivity contribution in [3.63, 3.8) is 0 Å². The van der Waals surface area contributed by atoms with Crippen molar-refractivity contribution in [2.75, 3.05) is 0 Å². The summed E-state index contributed by atoms with van der Waals surface area (Å²) < 4.78 is 45.3. The summed E-state index contributed by atoms with van der Waals surface area (Å²) in [5, 5.41) is 0. The van der Waals surface area contributed by atoms with Crippen LogP contribution in [0, 0.1) is 0 Å². The monoisotopic (exact) mass is 440 g/mol. The highest BCUT2D eigenvalue weighted by Crippen LogP contribution is 2.31. The summed E-state index contributed by atoms with van der Waals surface area (Å²) in [6, 6.07) is 24.0. The molecule has 0 saturated carbocycles. The van der Waals surface area contributed by atoms with E-state index in [1.807, 2.05) is 61.5 Å². The second-order valence-corrected chi connectivity index (χ2v) is 7.77. The third-order valence-corrected chi connectivity index (χ3v) is 5.38. The molecule has 0 aromatic heterocycles. The predicted octanol–water partition coefficient (Wildman–Crippen LogP) is 8.08. The fourth-order valence-electron chi connectivity index (χ4n) is 3.62. The van der Waals surface area contributed by atoms with Gasteiger partial charge in [0.2, 0.25) is 0 Å². The van der Waals surface area contributed by atoms with E-state index in [2.05, 4.69) is 0 Å². The average Bonchev–Trinajstić information content (AvgIpc) is 2.81. The van der Waals surface area contributed by atoms with Gasteiger partial charge in [0.15, 0.2) is 6.10 Å². The molecule has 1 unspecified atom stereocenters. The molecule has 3 aromatic carbocycles. The molecular weight excluding hydrogens is 413 g/mol. The fourth-order valence-corrected chi connectivity index (χ4v) is 3.62. The lowest BCUT2D eigenvalue weighted by atomic mass is 9.97. The number of alkyl halides is 3. The largest absolute Gasteiger partial charge is 0.449 e. The lowest BCUT2D eigenvalue weighted by molar-refractivity contribution is -0.206. The number of hydrogen-bond donors (Lipinski definition) is 0. The SMILES string of the molecule is CCCCCCC(OC(=O)c1ccccc1-c1ccc(-c2ccccc2)cc1)C(F)(F)F. The van der Waals surface area contributed by atoms with Gasteiger partial charge in [-0.3, -0.25) is 0 Å². The Balaban J connectivity index is 1.80.